The highest BCUT2D eigenvalue weighted by Crippen LogP contribution is 2.48. The summed E-state index contributed by atoms with van der Waals surface area (Å²) in [6.45, 7) is 0.552. The second-order valence-corrected chi connectivity index (χ2v) is 6.16. The van der Waals surface area contributed by atoms with E-state index in [0.29, 0.717) is 12.1 Å². The van der Waals surface area contributed by atoms with E-state index >= 15 is 0 Å². The van der Waals surface area contributed by atoms with Crippen molar-refractivity contribution in [3.63, 3.8) is 0 Å². The van der Waals surface area contributed by atoms with E-state index in [1.807, 2.05) is 12.1 Å². The average Bonchev–Trinajstić information content (AvgIpc) is 2.83. The predicted molar refractivity (Wildman–Crippen MR) is 83.9 cm³/mol. The quantitative estimate of drug-likeness (QED) is 0.826. The van der Waals surface area contributed by atoms with Crippen molar-refractivity contribution in [3.8, 4) is 0 Å². The number of rotatable bonds is 1. The molecule has 2 aromatic carbocycles. The van der Waals surface area contributed by atoms with Gasteiger partial charge in [0.05, 0.1) is 11.6 Å². The lowest BCUT2D eigenvalue weighted by atomic mass is 9.86. The molecule has 2 aromatic rings. The predicted octanol–water partition coefficient (Wildman–Crippen LogP) is 4.09. The van der Waals surface area contributed by atoms with Crippen molar-refractivity contribution >= 4 is 11.6 Å². The molecule has 2 heterocycles. The number of hydrogen-bond donors (Lipinski definition) is 2. The van der Waals surface area contributed by atoms with Crippen LogP contribution in [-0.4, -0.2) is 12.5 Å². The maximum absolute atomic E-state index is 12.8. The van der Waals surface area contributed by atoms with E-state index in [0.717, 1.165) is 35.4 Å². The molecule has 0 bridgehead atoms. The van der Waals surface area contributed by atoms with Gasteiger partial charge in [0.1, 0.15) is 0 Å². The Labute approximate surface area is 136 Å². The summed E-state index contributed by atoms with van der Waals surface area (Å²) in [6.07, 6.45) is -3.59. The fraction of sp³-hybridized carbons (Fsp3) is 0.278. The summed E-state index contributed by atoms with van der Waals surface area (Å²) in [6, 6.07) is 10.7. The molecule has 2 unspecified atom stereocenters. The highest BCUT2D eigenvalue weighted by atomic mass is 19.4. The second kappa shape index (κ2) is 5.26. The number of hydrogen-bond acceptors (Lipinski definition) is 2. The van der Waals surface area contributed by atoms with Gasteiger partial charge in [-0.3, -0.25) is 4.79 Å². The molecule has 2 atom stereocenters. The normalized spacial score (nSPS) is 22.4. The summed E-state index contributed by atoms with van der Waals surface area (Å²) in [7, 11) is 0. The largest absolute Gasteiger partial charge is 0.416 e. The molecule has 0 aliphatic carbocycles. The molecule has 2 aliphatic rings. The Morgan fingerprint density at radius 2 is 1.79 bits per heavy atom. The van der Waals surface area contributed by atoms with E-state index in [1.165, 1.54) is 12.1 Å². The topological polar surface area (TPSA) is 41.1 Å². The van der Waals surface area contributed by atoms with Crippen LogP contribution in [0.4, 0.5) is 18.9 Å². The highest BCUT2D eigenvalue weighted by molar-refractivity contribution is 5.98. The van der Waals surface area contributed by atoms with Crippen LogP contribution in [0.25, 0.3) is 0 Å². The van der Waals surface area contributed by atoms with Gasteiger partial charge in [0.2, 0.25) is 0 Å². The number of benzene rings is 2. The highest BCUT2D eigenvalue weighted by Gasteiger charge is 2.38. The number of halogens is 3. The van der Waals surface area contributed by atoms with Crippen LogP contribution >= 0.6 is 0 Å². The molecule has 0 aromatic heterocycles. The first kappa shape index (κ1) is 15.1. The van der Waals surface area contributed by atoms with E-state index in [-0.39, 0.29) is 17.9 Å². The van der Waals surface area contributed by atoms with Crippen LogP contribution in [-0.2, 0) is 6.18 Å². The SMILES string of the molecule is O=C1NCCC2c3c(cccc31)NC2c1ccc(C(F)(F)F)cc1. The molecule has 0 radical (unpaired) electrons. The molecule has 24 heavy (non-hydrogen) atoms. The summed E-state index contributed by atoms with van der Waals surface area (Å²) < 4.78 is 38.3. The van der Waals surface area contributed by atoms with Gasteiger partial charge in [-0.05, 0) is 41.8 Å². The molecule has 4 rings (SSSR count). The first-order valence-electron chi connectivity index (χ1n) is 7.80. The van der Waals surface area contributed by atoms with Crippen molar-refractivity contribution in [1.82, 2.24) is 5.32 Å². The van der Waals surface area contributed by atoms with Crippen LogP contribution in [0.15, 0.2) is 42.5 Å². The lowest BCUT2D eigenvalue weighted by Crippen LogP contribution is -2.23. The molecular weight excluding hydrogens is 317 g/mol. The number of carbonyl (C=O) groups excluding carboxylic acids is 1. The van der Waals surface area contributed by atoms with Crippen LogP contribution in [0, 0.1) is 0 Å². The molecule has 2 aliphatic heterocycles. The first-order chi connectivity index (χ1) is 11.4. The monoisotopic (exact) mass is 332 g/mol. The zero-order chi connectivity index (χ0) is 16.9. The second-order valence-electron chi connectivity index (χ2n) is 6.16. The number of alkyl halides is 3. The summed E-state index contributed by atoms with van der Waals surface area (Å²) in [5.74, 6) is -0.0314. The molecule has 6 heteroatoms. The number of nitrogens with one attached hydrogen (secondary N) is 2. The van der Waals surface area contributed by atoms with Crippen molar-refractivity contribution in [2.45, 2.75) is 24.6 Å². The van der Waals surface area contributed by atoms with Crippen molar-refractivity contribution < 1.29 is 18.0 Å². The Balaban J connectivity index is 1.73. The Kier molecular flexibility index (Phi) is 3.30. The van der Waals surface area contributed by atoms with Gasteiger partial charge in [0.25, 0.3) is 5.91 Å². The van der Waals surface area contributed by atoms with Gasteiger partial charge in [0, 0.05) is 23.7 Å². The lowest BCUT2D eigenvalue weighted by molar-refractivity contribution is -0.137. The van der Waals surface area contributed by atoms with Crippen LogP contribution in [0.2, 0.25) is 0 Å². The number of amides is 1. The van der Waals surface area contributed by atoms with Crippen LogP contribution in [0.5, 0.6) is 0 Å². The van der Waals surface area contributed by atoms with Crippen molar-refractivity contribution in [2.75, 3.05) is 11.9 Å². The van der Waals surface area contributed by atoms with Gasteiger partial charge >= 0.3 is 6.18 Å². The number of anilines is 1. The van der Waals surface area contributed by atoms with E-state index in [2.05, 4.69) is 10.6 Å². The molecule has 2 N–H and O–H groups in total. The average molecular weight is 332 g/mol. The minimum atomic E-state index is -4.34. The summed E-state index contributed by atoms with van der Waals surface area (Å²) in [4.78, 5) is 12.2. The van der Waals surface area contributed by atoms with Crippen molar-refractivity contribution in [2.24, 2.45) is 0 Å². The third kappa shape index (κ3) is 2.33. The van der Waals surface area contributed by atoms with Crippen LogP contribution in [0.1, 0.15) is 45.4 Å². The minimum absolute atomic E-state index is 0.0619. The molecule has 0 fully saturated rings. The van der Waals surface area contributed by atoms with E-state index < -0.39 is 11.7 Å². The maximum atomic E-state index is 12.8. The molecule has 1 amide bonds. The molecule has 0 saturated heterocycles. The smallest absolute Gasteiger partial charge is 0.377 e. The minimum Gasteiger partial charge on any atom is -0.377 e. The fourth-order valence-corrected chi connectivity index (χ4v) is 3.67. The van der Waals surface area contributed by atoms with Crippen molar-refractivity contribution in [1.29, 1.82) is 0 Å². The van der Waals surface area contributed by atoms with Crippen LogP contribution < -0.4 is 10.6 Å². The summed E-state index contributed by atoms with van der Waals surface area (Å²) >= 11 is 0. The van der Waals surface area contributed by atoms with Crippen molar-refractivity contribution in [3.05, 3.63) is 64.7 Å². The van der Waals surface area contributed by atoms with Crippen LogP contribution in [0.3, 0.4) is 0 Å². The van der Waals surface area contributed by atoms with E-state index in [9.17, 15) is 18.0 Å². The van der Waals surface area contributed by atoms with Gasteiger partial charge in [-0.25, -0.2) is 0 Å². The molecule has 124 valence electrons. The van der Waals surface area contributed by atoms with Gasteiger partial charge in [-0.1, -0.05) is 18.2 Å². The summed E-state index contributed by atoms with van der Waals surface area (Å²) in [5.41, 5.74) is 2.65. The summed E-state index contributed by atoms with van der Waals surface area (Å²) in [5, 5.41) is 6.26. The van der Waals surface area contributed by atoms with E-state index in [1.54, 1.807) is 6.07 Å². The van der Waals surface area contributed by atoms with E-state index in [4.69, 9.17) is 0 Å². The first-order valence-corrected chi connectivity index (χ1v) is 7.80. The van der Waals surface area contributed by atoms with Gasteiger partial charge < -0.3 is 10.6 Å². The standard InChI is InChI=1S/C18H15F3N2O/c19-18(20,21)11-6-4-10(5-7-11)16-12-8-9-22-17(24)13-2-1-3-14(23-16)15(12)13/h1-7,12,16,23H,8-9H2,(H,22,24). The Morgan fingerprint density at radius 3 is 2.50 bits per heavy atom. The fourth-order valence-electron chi connectivity index (χ4n) is 3.67. The zero-order valence-corrected chi connectivity index (χ0v) is 12.7. The molecule has 0 spiro atoms. The Hall–Kier alpha value is -2.50. The zero-order valence-electron chi connectivity index (χ0n) is 12.7. The van der Waals surface area contributed by atoms with Gasteiger partial charge in [0.15, 0.2) is 0 Å². The Bertz CT molecular complexity index is 799. The molecule has 0 saturated carbocycles. The van der Waals surface area contributed by atoms with Gasteiger partial charge in [-0.15, -0.1) is 0 Å². The number of carbonyl (C=O) groups is 1. The lowest BCUT2D eigenvalue weighted by Gasteiger charge is -2.20. The third-order valence-electron chi connectivity index (χ3n) is 4.77. The molecule has 3 nitrogen and oxygen atoms in total. The maximum Gasteiger partial charge on any atom is 0.416 e. The molecular formula is C18H15F3N2O. The Morgan fingerprint density at radius 1 is 1.04 bits per heavy atom. The third-order valence-corrected chi connectivity index (χ3v) is 4.77. The van der Waals surface area contributed by atoms with Gasteiger partial charge in [-0.2, -0.15) is 13.2 Å².